The van der Waals surface area contributed by atoms with Crippen molar-refractivity contribution in [1.29, 1.82) is 0 Å². The summed E-state index contributed by atoms with van der Waals surface area (Å²) in [6.07, 6.45) is 0. The number of hydrogen-bond donors (Lipinski definition) is 1. The zero-order chi connectivity index (χ0) is 19.1. The number of carbonyl (C=O) groups is 1. The molecule has 0 saturated heterocycles. The fourth-order valence-electron chi connectivity index (χ4n) is 2.31. The zero-order valence-electron chi connectivity index (χ0n) is 14.6. The first-order valence-electron chi connectivity index (χ1n) is 7.94. The average Bonchev–Trinajstić information content (AvgIpc) is 2.62. The van der Waals surface area contributed by atoms with Gasteiger partial charge in [-0.25, -0.2) is 0 Å². The Hall–Kier alpha value is -2.25. The van der Waals surface area contributed by atoms with Crippen LogP contribution in [0.4, 0.5) is 11.4 Å². The van der Waals surface area contributed by atoms with Crippen LogP contribution < -0.4 is 10.2 Å². The summed E-state index contributed by atoms with van der Waals surface area (Å²) in [7, 11) is 3.58. The molecule has 2 rings (SSSR count). The van der Waals surface area contributed by atoms with E-state index in [4.69, 9.17) is 11.6 Å². The quantitative estimate of drug-likeness (QED) is 0.417. The second-order valence-electron chi connectivity index (χ2n) is 5.79. The first-order valence-corrected chi connectivity index (χ1v) is 9.48. The molecule has 0 aliphatic carbocycles. The number of nitro benzene ring substituents is 1. The van der Waals surface area contributed by atoms with Gasteiger partial charge in [0.2, 0.25) is 0 Å². The van der Waals surface area contributed by atoms with Gasteiger partial charge in [0, 0.05) is 55.0 Å². The summed E-state index contributed by atoms with van der Waals surface area (Å²) >= 11 is 7.55. The lowest BCUT2D eigenvalue weighted by molar-refractivity contribution is -0.384. The number of benzene rings is 2. The lowest BCUT2D eigenvalue weighted by Crippen LogP contribution is -2.27. The predicted molar refractivity (Wildman–Crippen MR) is 107 cm³/mol. The van der Waals surface area contributed by atoms with Gasteiger partial charge < -0.3 is 10.2 Å². The third-order valence-electron chi connectivity index (χ3n) is 3.63. The fraction of sp³-hybridized carbons (Fsp3) is 0.278. The lowest BCUT2D eigenvalue weighted by Gasteiger charge is -2.17. The van der Waals surface area contributed by atoms with Crippen molar-refractivity contribution < 1.29 is 9.72 Å². The third kappa shape index (κ3) is 5.64. The molecule has 2 aromatic carbocycles. The maximum atomic E-state index is 12.4. The molecule has 0 unspecified atom stereocenters. The molecular weight excluding hydrogens is 374 g/mol. The van der Waals surface area contributed by atoms with Gasteiger partial charge in [-0.2, -0.15) is 11.8 Å². The van der Waals surface area contributed by atoms with Gasteiger partial charge in [-0.15, -0.1) is 0 Å². The molecule has 26 heavy (non-hydrogen) atoms. The van der Waals surface area contributed by atoms with E-state index in [1.165, 1.54) is 17.7 Å². The van der Waals surface area contributed by atoms with Crippen molar-refractivity contribution in [2.24, 2.45) is 0 Å². The second kappa shape index (κ2) is 9.45. The molecule has 6 nitrogen and oxygen atoms in total. The molecule has 8 heteroatoms. The molecule has 0 bridgehead atoms. The van der Waals surface area contributed by atoms with Crippen LogP contribution in [0.1, 0.15) is 15.9 Å². The van der Waals surface area contributed by atoms with E-state index in [1.54, 1.807) is 36.8 Å². The van der Waals surface area contributed by atoms with Crippen molar-refractivity contribution in [1.82, 2.24) is 5.32 Å². The van der Waals surface area contributed by atoms with E-state index in [2.05, 4.69) is 5.32 Å². The molecule has 138 valence electrons. The Balaban J connectivity index is 1.89. The molecular formula is C18H20ClN3O3S. The molecule has 0 fully saturated rings. The Labute approximate surface area is 161 Å². The van der Waals surface area contributed by atoms with Gasteiger partial charge in [-0.1, -0.05) is 23.7 Å². The summed E-state index contributed by atoms with van der Waals surface area (Å²) in [5.74, 6) is 1.25. The summed E-state index contributed by atoms with van der Waals surface area (Å²) in [6.45, 7) is 0.479. The molecule has 1 amide bonds. The lowest BCUT2D eigenvalue weighted by atomic mass is 10.1. The molecule has 0 radical (unpaired) electrons. The van der Waals surface area contributed by atoms with Gasteiger partial charge in [-0.3, -0.25) is 14.9 Å². The van der Waals surface area contributed by atoms with Crippen molar-refractivity contribution in [2.45, 2.75) is 5.75 Å². The van der Waals surface area contributed by atoms with Crippen LogP contribution in [0.5, 0.6) is 0 Å². The standard InChI is InChI=1S/C18H20ClN3O3S/c1-21(2)17-8-7-15(22(24)25)11-16(17)18(23)20-9-10-26-12-13-3-5-14(19)6-4-13/h3-8,11H,9-10,12H2,1-2H3,(H,20,23). The highest BCUT2D eigenvalue weighted by atomic mass is 35.5. The Bertz CT molecular complexity index is 782. The monoisotopic (exact) mass is 393 g/mol. The number of amides is 1. The van der Waals surface area contributed by atoms with Gasteiger partial charge in [0.1, 0.15) is 0 Å². The van der Waals surface area contributed by atoms with Gasteiger partial charge >= 0.3 is 0 Å². The number of thioether (sulfide) groups is 1. The van der Waals surface area contributed by atoms with Gasteiger partial charge in [0.15, 0.2) is 0 Å². The van der Waals surface area contributed by atoms with E-state index in [9.17, 15) is 14.9 Å². The molecule has 0 atom stereocenters. The molecule has 0 aliphatic rings. The maximum absolute atomic E-state index is 12.4. The smallest absolute Gasteiger partial charge is 0.270 e. The van der Waals surface area contributed by atoms with Crippen LogP contribution in [-0.4, -0.2) is 37.2 Å². The average molecular weight is 394 g/mol. The SMILES string of the molecule is CN(C)c1ccc([N+](=O)[O-])cc1C(=O)NCCSCc1ccc(Cl)cc1. The van der Waals surface area contributed by atoms with E-state index < -0.39 is 4.92 Å². The summed E-state index contributed by atoms with van der Waals surface area (Å²) in [6, 6.07) is 11.9. The second-order valence-corrected chi connectivity index (χ2v) is 7.33. The molecule has 2 aromatic rings. The number of halogens is 1. The first-order chi connectivity index (χ1) is 12.4. The van der Waals surface area contributed by atoms with Crippen LogP contribution in [0.3, 0.4) is 0 Å². The largest absolute Gasteiger partial charge is 0.377 e. The van der Waals surface area contributed by atoms with Crippen molar-refractivity contribution in [3.05, 3.63) is 68.7 Å². The number of nitrogens with zero attached hydrogens (tertiary/aromatic N) is 2. The van der Waals surface area contributed by atoms with Crippen molar-refractivity contribution >= 4 is 40.6 Å². The van der Waals surface area contributed by atoms with Crippen molar-refractivity contribution in [2.75, 3.05) is 31.3 Å². The first kappa shape index (κ1) is 20.1. The minimum absolute atomic E-state index is 0.0992. The number of hydrogen-bond acceptors (Lipinski definition) is 5. The number of rotatable bonds is 8. The number of nitrogens with one attached hydrogen (secondary N) is 1. The van der Waals surface area contributed by atoms with E-state index in [0.29, 0.717) is 22.8 Å². The van der Waals surface area contributed by atoms with Crippen LogP contribution in [-0.2, 0) is 5.75 Å². The molecule has 0 saturated carbocycles. The van der Waals surface area contributed by atoms with Crippen LogP contribution in [0.25, 0.3) is 0 Å². The van der Waals surface area contributed by atoms with Gasteiger partial charge in [0.25, 0.3) is 11.6 Å². The fourth-order valence-corrected chi connectivity index (χ4v) is 3.26. The summed E-state index contributed by atoms with van der Waals surface area (Å²) in [5.41, 5.74) is 2.01. The molecule has 0 aromatic heterocycles. The molecule has 0 heterocycles. The van der Waals surface area contributed by atoms with Crippen molar-refractivity contribution in [3.63, 3.8) is 0 Å². The van der Waals surface area contributed by atoms with Crippen LogP contribution in [0.15, 0.2) is 42.5 Å². The van der Waals surface area contributed by atoms with Crippen molar-refractivity contribution in [3.8, 4) is 0 Å². The normalized spacial score (nSPS) is 10.4. The maximum Gasteiger partial charge on any atom is 0.270 e. The minimum atomic E-state index is -0.502. The Kier molecular flexibility index (Phi) is 7.29. The number of anilines is 1. The molecule has 0 spiro atoms. The number of carbonyl (C=O) groups excluding carboxylic acids is 1. The van der Waals surface area contributed by atoms with E-state index >= 15 is 0 Å². The van der Waals surface area contributed by atoms with Gasteiger partial charge in [-0.05, 0) is 23.8 Å². The molecule has 0 aliphatic heterocycles. The molecule has 1 N–H and O–H groups in total. The van der Waals surface area contributed by atoms with Crippen LogP contribution in [0.2, 0.25) is 5.02 Å². The number of nitro groups is 1. The third-order valence-corrected chi connectivity index (χ3v) is 4.91. The summed E-state index contributed by atoms with van der Waals surface area (Å²) in [5, 5.41) is 14.5. The highest BCUT2D eigenvalue weighted by Gasteiger charge is 2.17. The van der Waals surface area contributed by atoms with Gasteiger partial charge in [0.05, 0.1) is 10.5 Å². The Morgan fingerprint density at radius 3 is 2.54 bits per heavy atom. The van der Waals surface area contributed by atoms with Crippen LogP contribution in [0, 0.1) is 10.1 Å². The Morgan fingerprint density at radius 2 is 1.92 bits per heavy atom. The predicted octanol–water partition coefficient (Wildman–Crippen LogP) is 3.98. The minimum Gasteiger partial charge on any atom is -0.377 e. The van der Waals surface area contributed by atoms with E-state index in [-0.39, 0.29) is 11.6 Å². The number of non-ortho nitro benzene ring substituents is 1. The van der Waals surface area contributed by atoms with E-state index in [1.807, 2.05) is 24.3 Å². The highest BCUT2D eigenvalue weighted by Crippen LogP contribution is 2.24. The van der Waals surface area contributed by atoms with Crippen LogP contribution >= 0.6 is 23.4 Å². The zero-order valence-corrected chi connectivity index (χ0v) is 16.1. The Morgan fingerprint density at radius 1 is 1.23 bits per heavy atom. The topological polar surface area (TPSA) is 75.5 Å². The summed E-state index contributed by atoms with van der Waals surface area (Å²) in [4.78, 5) is 24.6. The van der Waals surface area contributed by atoms with E-state index in [0.717, 1.165) is 11.5 Å². The highest BCUT2D eigenvalue weighted by molar-refractivity contribution is 7.98. The summed E-state index contributed by atoms with van der Waals surface area (Å²) < 4.78 is 0.